The highest BCUT2D eigenvalue weighted by Gasteiger charge is 2.11. The lowest BCUT2D eigenvalue weighted by atomic mass is 9.90. The molecule has 0 saturated carbocycles. The van der Waals surface area contributed by atoms with Crippen LogP contribution in [0.15, 0.2) is 66.7 Å². The maximum Gasteiger partial charge on any atom is 0.162 e. The lowest BCUT2D eigenvalue weighted by Crippen LogP contribution is -2.01. The Hall–Kier alpha value is -2.12. The molecule has 130 valence electrons. The van der Waals surface area contributed by atoms with Crippen molar-refractivity contribution in [2.75, 3.05) is 0 Å². The lowest BCUT2D eigenvalue weighted by Gasteiger charge is -2.14. The molecule has 0 radical (unpaired) electrons. The van der Waals surface area contributed by atoms with E-state index in [1.54, 1.807) is 0 Å². The first-order valence-corrected chi connectivity index (χ1v) is 8.72. The number of aryl methyl sites for hydroxylation is 1. The Bertz CT molecular complexity index is 848. The van der Waals surface area contributed by atoms with Crippen LogP contribution in [-0.4, -0.2) is 5.78 Å². The number of halogens is 1. The third-order valence-electron chi connectivity index (χ3n) is 4.74. The van der Waals surface area contributed by atoms with Gasteiger partial charge in [-0.15, -0.1) is 12.4 Å². The first-order chi connectivity index (χ1) is 11.6. The molecule has 1 nitrogen and oxygen atoms in total. The predicted octanol–water partition coefficient (Wildman–Crippen LogP) is 6.73. The van der Waals surface area contributed by atoms with Gasteiger partial charge in [-0.25, -0.2) is 0 Å². The number of carbonyl (C=O) groups excluding carboxylic acids is 1. The second kappa shape index (κ2) is 8.82. The van der Waals surface area contributed by atoms with E-state index in [0.717, 1.165) is 24.0 Å². The molecule has 1 atom stereocenters. The number of rotatable bonds is 6. The van der Waals surface area contributed by atoms with E-state index in [2.05, 4.69) is 49.4 Å². The maximum absolute atomic E-state index is 12.3. The molecular weight excluding hydrogens is 328 g/mol. The highest BCUT2D eigenvalue weighted by Crippen LogP contribution is 2.29. The summed E-state index contributed by atoms with van der Waals surface area (Å²) in [5.74, 6) is 0.713. The van der Waals surface area contributed by atoms with Crippen LogP contribution < -0.4 is 0 Å². The van der Waals surface area contributed by atoms with Crippen molar-refractivity contribution in [3.8, 4) is 0 Å². The molecule has 0 aliphatic rings. The average molecular weight is 353 g/mol. The van der Waals surface area contributed by atoms with Gasteiger partial charge < -0.3 is 0 Å². The molecule has 25 heavy (non-hydrogen) atoms. The summed E-state index contributed by atoms with van der Waals surface area (Å²) in [6.07, 6.45) is 2.58. The van der Waals surface area contributed by atoms with Crippen molar-refractivity contribution in [1.82, 2.24) is 0 Å². The van der Waals surface area contributed by atoms with E-state index in [4.69, 9.17) is 0 Å². The van der Waals surface area contributed by atoms with Gasteiger partial charge in [-0.2, -0.15) is 0 Å². The first kappa shape index (κ1) is 19.2. The zero-order chi connectivity index (χ0) is 16.9. The molecule has 2 heteroatoms. The number of benzene rings is 3. The fourth-order valence-corrected chi connectivity index (χ4v) is 3.37. The Labute approximate surface area is 156 Å². The number of fused-ring (bicyclic) bond motifs is 1. The second-order valence-corrected chi connectivity index (χ2v) is 6.65. The third kappa shape index (κ3) is 4.70. The highest BCUT2D eigenvalue weighted by atomic mass is 35.5. The molecule has 0 aromatic heterocycles. The average Bonchev–Trinajstić information content (AvgIpc) is 2.61. The molecule has 0 aliphatic carbocycles. The van der Waals surface area contributed by atoms with Crippen molar-refractivity contribution in [1.29, 1.82) is 0 Å². The fraction of sp³-hybridized carbons (Fsp3) is 0.261. The van der Waals surface area contributed by atoms with E-state index in [9.17, 15) is 4.79 Å². The van der Waals surface area contributed by atoms with Crippen LogP contribution in [0.1, 0.15) is 53.6 Å². The molecule has 0 aliphatic heterocycles. The van der Waals surface area contributed by atoms with E-state index >= 15 is 0 Å². The number of hydrogen-bond acceptors (Lipinski definition) is 1. The van der Waals surface area contributed by atoms with Gasteiger partial charge in [0.2, 0.25) is 0 Å². The number of Topliss-reactive ketones (excluding diaryl/α,β-unsaturated/α-hetero) is 1. The summed E-state index contributed by atoms with van der Waals surface area (Å²) in [5.41, 5.74) is 3.37. The summed E-state index contributed by atoms with van der Waals surface area (Å²) >= 11 is 0. The van der Waals surface area contributed by atoms with Crippen LogP contribution in [0.5, 0.6) is 0 Å². The van der Waals surface area contributed by atoms with Crippen LogP contribution in [0, 0.1) is 6.92 Å². The minimum atomic E-state index is 0. The van der Waals surface area contributed by atoms with Gasteiger partial charge in [0.25, 0.3) is 0 Å². The van der Waals surface area contributed by atoms with Crippen LogP contribution in [0.3, 0.4) is 0 Å². The van der Waals surface area contributed by atoms with Crippen LogP contribution in [0.25, 0.3) is 10.8 Å². The van der Waals surface area contributed by atoms with Crippen molar-refractivity contribution in [3.05, 3.63) is 83.4 Å². The van der Waals surface area contributed by atoms with E-state index < -0.39 is 0 Å². The van der Waals surface area contributed by atoms with E-state index in [1.165, 1.54) is 16.3 Å². The summed E-state index contributed by atoms with van der Waals surface area (Å²) in [7, 11) is 0. The Balaban J connectivity index is 0.00000225. The van der Waals surface area contributed by atoms with Gasteiger partial charge >= 0.3 is 0 Å². The molecular formula is C23H25ClO. The summed E-state index contributed by atoms with van der Waals surface area (Å²) in [6, 6.07) is 22.9. The standard InChI is InChI=1S/C23H24O.ClH/c1-17-8-5-12-20(16-17)23(24)15-6-9-18(2)21-14-7-11-19-10-3-4-13-22(19)21;/h3-5,7-8,10-14,16,18H,6,9,15H2,1-2H3;1H/t18-;/m0./s1. The monoisotopic (exact) mass is 352 g/mol. The molecule has 0 fully saturated rings. The number of carbonyl (C=O) groups is 1. The van der Waals surface area contributed by atoms with Gasteiger partial charge in [-0.3, -0.25) is 4.79 Å². The Kier molecular flexibility index (Phi) is 6.78. The van der Waals surface area contributed by atoms with Gasteiger partial charge in [0, 0.05) is 12.0 Å². The number of hydrogen-bond donors (Lipinski definition) is 0. The summed E-state index contributed by atoms with van der Waals surface area (Å²) in [4.78, 5) is 12.3. The molecule has 0 spiro atoms. The largest absolute Gasteiger partial charge is 0.294 e. The van der Waals surface area contributed by atoms with Crippen LogP contribution >= 0.6 is 12.4 Å². The molecule has 0 saturated heterocycles. The molecule has 0 amide bonds. The molecule has 0 bridgehead atoms. The SMILES string of the molecule is Cc1cccc(C(=O)CCC[C@H](C)c2cccc3ccccc23)c1.Cl. The third-order valence-corrected chi connectivity index (χ3v) is 4.74. The Morgan fingerprint density at radius 3 is 2.48 bits per heavy atom. The highest BCUT2D eigenvalue weighted by molar-refractivity contribution is 5.96. The minimum absolute atomic E-state index is 0. The topological polar surface area (TPSA) is 17.1 Å². The summed E-state index contributed by atoms with van der Waals surface area (Å²) < 4.78 is 0. The molecule has 0 unspecified atom stereocenters. The van der Waals surface area contributed by atoms with Crippen molar-refractivity contribution in [2.45, 2.75) is 39.0 Å². The quantitative estimate of drug-likeness (QED) is 0.449. The van der Waals surface area contributed by atoms with Gasteiger partial charge in [-0.05, 0) is 48.1 Å². The first-order valence-electron chi connectivity index (χ1n) is 8.72. The van der Waals surface area contributed by atoms with E-state index in [-0.39, 0.29) is 18.2 Å². The molecule has 3 rings (SSSR count). The van der Waals surface area contributed by atoms with E-state index in [1.807, 2.05) is 31.2 Å². The van der Waals surface area contributed by atoms with Gasteiger partial charge in [-0.1, -0.05) is 73.2 Å². The Morgan fingerprint density at radius 2 is 1.68 bits per heavy atom. The second-order valence-electron chi connectivity index (χ2n) is 6.65. The fourth-order valence-electron chi connectivity index (χ4n) is 3.37. The summed E-state index contributed by atoms with van der Waals surface area (Å²) in [5, 5.41) is 2.62. The van der Waals surface area contributed by atoms with Crippen molar-refractivity contribution in [3.63, 3.8) is 0 Å². The van der Waals surface area contributed by atoms with Crippen LogP contribution in [0.2, 0.25) is 0 Å². The van der Waals surface area contributed by atoms with Crippen molar-refractivity contribution in [2.24, 2.45) is 0 Å². The lowest BCUT2D eigenvalue weighted by molar-refractivity contribution is 0.0979. The molecule has 0 N–H and O–H groups in total. The minimum Gasteiger partial charge on any atom is -0.294 e. The van der Waals surface area contributed by atoms with Gasteiger partial charge in [0.05, 0.1) is 0 Å². The van der Waals surface area contributed by atoms with Gasteiger partial charge in [0.15, 0.2) is 5.78 Å². The van der Waals surface area contributed by atoms with Gasteiger partial charge in [0.1, 0.15) is 0 Å². The molecule has 0 heterocycles. The molecule has 3 aromatic carbocycles. The van der Waals surface area contributed by atoms with Crippen molar-refractivity contribution >= 4 is 29.0 Å². The van der Waals surface area contributed by atoms with Crippen molar-refractivity contribution < 1.29 is 4.79 Å². The zero-order valence-corrected chi connectivity index (χ0v) is 15.7. The van der Waals surface area contributed by atoms with E-state index in [0.29, 0.717) is 12.3 Å². The predicted molar refractivity (Wildman–Crippen MR) is 109 cm³/mol. The zero-order valence-electron chi connectivity index (χ0n) is 14.9. The van der Waals surface area contributed by atoms with Crippen LogP contribution in [-0.2, 0) is 0 Å². The maximum atomic E-state index is 12.3. The number of ketones is 1. The summed E-state index contributed by atoms with van der Waals surface area (Å²) in [6.45, 7) is 4.29. The van der Waals surface area contributed by atoms with Crippen LogP contribution in [0.4, 0.5) is 0 Å². The smallest absolute Gasteiger partial charge is 0.162 e. The Morgan fingerprint density at radius 1 is 0.960 bits per heavy atom. The normalized spacial score (nSPS) is 11.8. The molecule has 3 aromatic rings.